The number of hydrogen-bond donors (Lipinski definition) is 2. The summed E-state index contributed by atoms with van der Waals surface area (Å²) in [6.07, 6.45) is 0.774. The van der Waals surface area contributed by atoms with Crippen LogP contribution in [0.4, 0.5) is 17.1 Å². The average molecular weight is 381 g/mol. The van der Waals surface area contributed by atoms with Crippen molar-refractivity contribution < 1.29 is 19.1 Å². The van der Waals surface area contributed by atoms with Crippen molar-refractivity contribution in [3.63, 3.8) is 0 Å². The number of anilines is 3. The molecule has 2 aromatic rings. The summed E-state index contributed by atoms with van der Waals surface area (Å²) in [5.74, 6) is -0.612. The van der Waals surface area contributed by atoms with E-state index in [1.807, 2.05) is 19.1 Å². The monoisotopic (exact) mass is 381 g/mol. The van der Waals surface area contributed by atoms with Crippen LogP contribution in [0.15, 0.2) is 36.4 Å². The molecule has 1 aliphatic heterocycles. The van der Waals surface area contributed by atoms with Crippen molar-refractivity contribution in [2.75, 3.05) is 35.7 Å². The lowest BCUT2D eigenvalue weighted by atomic mass is 10.1. The molecule has 7 heteroatoms. The van der Waals surface area contributed by atoms with Crippen LogP contribution in [0.3, 0.4) is 0 Å². The molecule has 0 aromatic heterocycles. The Labute approximate surface area is 163 Å². The van der Waals surface area contributed by atoms with Crippen LogP contribution in [0.1, 0.15) is 28.4 Å². The molecule has 0 saturated heterocycles. The summed E-state index contributed by atoms with van der Waals surface area (Å²) in [5, 5.41) is 5.91. The van der Waals surface area contributed by atoms with Crippen LogP contribution in [0.5, 0.6) is 0 Å². The highest BCUT2D eigenvalue weighted by molar-refractivity contribution is 5.97. The molecule has 2 N–H and O–H groups in total. The van der Waals surface area contributed by atoms with E-state index in [0.717, 1.165) is 23.2 Å². The minimum atomic E-state index is -0.426. The number of benzene rings is 2. The van der Waals surface area contributed by atoms with Gasteiger partial charge < -0.3 is 20.3 Å². The number of carbonyl (C=O) groups is 3. The van der Waals surface area contributed by atoms with Gasteiger partial charge in [0, 0.05) is 30.5 Å². The van der Waals surface area contributed by atoms with Crippen LogP contribution in [-0.2, 0) is 20.7 Å². The van der Waals surface area contributed by atoms with Gasteiger partial charge in [-0.3, -0.25) is 9.59 Å². The number of nitrogens with zero attached hydrogens (tertiary/aromatic N) is 1. The fraction of sp³-hybridized carbons (Fsp3) is 0.286. The fourth-order valence-corrected chi connectivity index (χ4v) is 3.24. The van der Waals surface area contributed by atoms with E-state index in [4.69, 9.17) is 4.74 Å². The van der Waals surface area contributed by atoms with Gasteiger partial charge in [0.1, 0.15) is 0 Å². The van der Waals surface area contributed by atoms with E-state index in [0.29, 0.717) is 23.5 Å². The molecule has 0 saturated carbocycles. The number of nitrogens with one attached hydrogen (secondary N) is 2. The molecule has 0 atom stereocenters. The third-order valence-corrected chi connectivity index (χ3v) is 4.74. The molecule has 2 aromatic carbocycles. The number of hydrogen-bond acceptors (Lipinski definition) is 5. The standard InChI is InChI=1S/C21H23N3O4/c1-13-4-5-16(21(27)28-3)11-18(13)22-12-20(26)23-17-6-7-19-15(10-17)8-9-24(19)14(2)25/h4-7,10-11,22H,8-9,12H2,1-3H3,(H,23,26). The SMILES string of the molecule is COC(=O)c1ccc(C)c(NCC(=O)Nc2ccc3c(c2)CCN3C(C)=O)c1. The molecule has 146 valence electrons. The first kappa shape index (κ1) is 19.4. The number of methoxy groups -OCH3 is 1. The van der Waals surface area contributed by atoms with E-state index in [2.05, 4.69) is 10.6 Å². The molecule has 1 aliphatic rings. The Balaban J connectivity index is 1.63. The van der Waals surface area contributed by atoms with Gasteiger partial charge in [-0.1, -0.05) is 6.07 Å². The summed E-state index contributed by atoms with van der Waals surface area (Å²) in [4.78, 5) is 37.3. The Morgan fingerprint density at radius 2 is 1.93 bits per heavy atom. The van der Waals surface area contributed by atoms with Gasteiger partial charge in [-0.05, 0) is 54.8 Å². The molecule has 0 bridgehead atoms. The van der Waals surface area contributed by atoms with Gasteiger partial charge in [-0.2, -0.15) is 0 Å². The van der Waals surface area contributed by atoms with Crippen molar-refractivity contribution in [2.45, 2.75) is 20.3 Å². The predicted octanol–water partition coefficient (Wildman–Crippen LogP) is 2.74. The summed E-state index contributed by atoms with van der Waals surface area (Å²) >= 11 is 0. The van der Waals surface area contributed by atoms with E-state index >= 15 is 0 Å². The van der Waals surface area contributed by atoms with E-state index in [1.165, 1.54) is 7.11 Å². The maximum absolute atomic E-state index is 12.3. The first-order valence-electron chi connectivity index (χ1n) is 9.02. The Bertz CT molecular complexity index is 939. The van der Waals surface area contributed by atoms with Crippen LogP contribution in [0, 0.1) is 6.92 Å². The minimum absolute atomic E-state index is 0.0179. The zero-order chi connectivity index (χ0) is 20.3. The van der Waals surface area contributed by atoms with Crippen molar-refractivity contribution in [3.05, 3.63) is 53.1 Å². The second kappa shape index (κ2) is 8.12. The van der Waals surface area contributed by atoms with Crippen LogP contribution >= 0.6 is 0 Å². The van der Waals surface area contributed by atoms with Gasteiger partial charge in [-0.25, -0.2) is 4.79 Å². The van der Waals surface area contributed by atoms with E-state index in [-0.39, 0.29) is 18.4 Å². The van der Waals surface area contributed by atoms with Gasteiger partial charge >= 0.3 is 5.97 Å². The van der Waals surface area contributed by atoms with Gasteiger partial charge in [0.25, 0.3) is 0 Å². The van der Waals surface area contributed by atoms with Crippen LogP contribution in [0.25, 0.3) is 0 Å². The molecular weight excluding hydrogens is 358 g/mol. The first-order chi connectivity index (χ1) is 13.4. The highest BCUT2D eigenvalue weighted by atomic mass is 16.5. The predicted molar refractivity (Wildman–Crippen MR) is 108 cm³/mol. The van der Waals surface area contributed by atoms with Crippen molar-refractivity contribution in [1.82, 2.24) is 0 Å². The third-order valence-electron chi connectivity index (χ3n) is 4.74. The Morgan fingerprint density at radius 3 is 2.64 bits per heavy atom. The molecule has 3 rings (SSSR count). The number of aryl methyl sites for hydroxylation is 1. The van der Waals surface area contributed by atoms with E-state index in [1.54, 1.807) is 36.1 Å². The topological polar surface area (TPSA) is 87.7 Å². The maximum Gasteiger partial charge on any atom is 0.337 e. The molecular formula is C21H23N3O4. The molecule has 2 amide bonds. The normalized spacial score (nSPS) is 12.3. The lowest BCUT2D eigenvalue weighted by Crippen LogP contribution is -2.25. The summed E-state index contributed by atoms with van der Waals surface area (Å²) in [5.41, 5.74) is 4.67. The van der Waals surface area contributed by atoms with Crippen LogP contribution in [-0.4, -0.2) is 38.0 Å². The van der Waals surface area contributed by atoms with Crippen LogP contribution < -0.4 is 15.5 Å². The molecule has 0 unspecified atom stereocenters. The maximum atomic E-state index is 12.3. The Morgan fingerprint density at radius 1 is 1.14 bits per heavy atom. The molecule has 0 radical (unpaired) electrons. The van der Waals surface area contributed by atoms with E-state index < -0.39 is 5.97 Å². The Hall–Kier alpha value is -3.35. The number of fused-ring (bicyclic) bond motifs is 1. The highest BCUT2D eigenvalue weighted by Crippen LogP contribution is 2.30. The second-order valence-corrected chi connectivity index (χ2v) is 6.69. The quantitative estimate of drug-likeness (QED) is 0.778. The van der Waals surface area contributed by atoms with Gasteiger partial charge in [0.2, 0.25) is 11.8 Å². The molecule has 1 heterocycles. The third kappa shape index (κ3) is 4.14. The van der Waals surface area contributed by atoms with Crippen molar-refractivity contribution >= 4 is 34.8 Å². The zero-order valence-electron chi connectivity index (χ0n) is 16.2. The second-order valence-electron chi connectivity index (χ2n) is 6.69. The number of carbonyl (C=O) groups excluding carboxylic acids is 3. The van der Waals surface area contributed by atoms with Gasteiger partial charge in [-0.15, -0.1) is 0 Å². The van der Waals surface area contributed by atoms with E-state index in [9.17, 15) is 14.4 Å². The fourth-order valence-electron chi connectivity index (χ4n) is 3.24. The smallest absolute Gasteiger partial charge is 0.337 e. The molecule has 0 spiro atoms. The van der Waals surface area contributed by atoms with Crippen LogP contribution in [0.2, 0.25) is 0 Å². The van der Waals surface area contributed by atoms with Crippen molar-refractivity contribution in [3.8, 4) is 0 Å². The summed E-state index contributed by atoms with van der Waals surface area (Å²) < 4.78 is 4.72. The van der Waals surface area contributed by atoms with Crippen molar-refractivity contribution in [1.29, 1.82) is 0 Å². The Kier molecular flexibility index (Phi) is 5.63. The average Bonchev–Trinajstić information content (AvgIpc) is 3.10. The first-order valence-corrected chi connectivity index (χ1v) is 9.02. The summed E-state index contributed by atoms with van der Waals surface area (Å²) in [6, 6.07) is 10.7. The number of rotatable bonds is 5. The van der Waals surface area contributed by atoms with Gasteiger partial charge in [0.05, 0.1) is 19.2 Å². The van der Waals surface area contributed by atoms with Gasteiger partial charge in [0.15, 0.2) is 0 Å². The number of esters is 1. The highest BCUT2D eigenvalue weighted by Gasteiger charge is 2.22. The number of amides is 2. The van der Waals surface area contributed by atoms with Crippen molar-refractivity contribution in [2.24, 2.45) is 0 Å². The largest absolute Gasteiger partial charge is 0.465 e. The molecule has 0 fully saturated rings. The molecule has 28 heavy (non-hydrogen) atoms. The minimum Gasteiger partial charge on any atom is -0.465 e. The lowest BCUT2D eigenvalue weighted by molar-refractivity contribution is -0.116. The summed E-state index contributed by atoms with van der Waals surface area (Å²) in [7, 11) is 1.33. The zero-order valence-corrected chi connectivity index (χ0v) is 16.2. The molecule has 0 aliphatic carbocycles. The lowest BCUT2D eigenvalue weighted by Gasteiger charge is -2.15. The number of ether oxygens (including phenoxy) is 1. The molecule has 7 nitrogen and oxygen atoms in total. The summed E-state index contributed by atoms with van der Waals surface area (Å²) in [6.45, 7) is 4.16.